The number of amides is 2. The minimum absolute atomic E-state index is 0.203. The van der Waals surface area contributed by atoms with Gasteiger partial charge in [0.05, 0.1) is 6.61 Å². The number of carbonyl (C=O) groups excluding carboxylic acids is 3. The average Bonchev–Trinajstić information content (AvgIpc) is 2.83. The van der Waals surface area contributed by atoms with E-state index < -0.39 is 24.5 Å². The normalized spacial score (nSPS) is 11.4. The predicted molar refractivity (Wildman–Crippen MR) is 116 cm³/mol. The fourth-order valence-corrected chi connectivity index (χ4v) is 2.97. The Hall–Kier alpha value is -3.84. The molecule has 0 saturated carbocycles. The Balaban J connectivity index is 1.55. The molecular weight excluding hydrogens is 394 g/mol. The highest BCUT2D eigenvalue weighted by atomic mass is 16.3. The van der Waals surface area contributed by atoms with E-state index >= 15 is 0 Å². The van der Waals surface area contributed by atoms with Crippen molar-refractivity contribution < 1.29 is 19.5 Å². The Bertz CT molecular complexity index is 1020. The molecule has 0 aliphatic rings. The molecule has 1 aromatic heterocycles. The molecule has 0 radical (unpaired) electrons. The van der Waals surface area contributed by atoms with Crippen molar-refractivity contribution in [2.24, 2.45) is 0 Å². The summed E-state index contributed by atoms with van der Waals surface area (Å²) in [5, 5.41) is 14.8. The molecule has 0 bridgehead atoms. The van der Waals surface area contributed by atoms with Crippen molar-refractivity contribution in [1.29, 1.82) is 0 Å². The van der Waals surface area contributed by atoms with Crippen molar-refractivity contribution >= 4 is 17.6 Å². The van der Waals surface area contributed by atoms with E-state index in [0.29, 0.717) is 24.1 Å². The zero-order valence-electron chi connectivity index (χ0n) is 16.8. The summed E-state index contributed by atoms with van der Waals surface area (Å²) in [4.78, 5) is 41.1. The molecule has 0 saturated heterocycles. The number of hydrogen-bond donors (Lipinski definition) is 3. The number of hydrogen-bond acceptors (Lipinski definition) is 5. The summed E-state index contributed by atoms with van der Waals surface area (Å²) in [5.41, 5.74) is 2.22. The minimum Gasteiger partial charge on any atom is -0.394 e. The van der Waals surface area contributed by atoms with Crippen molar-refractivity contribution in [2.45, 2.75) is 12.5 Å². The second-order valence-corrected chi connectivity index (χ2v) is 6.88. The van der Waals surface area contributed by atoms with Gasteiger partial charge >= 0.3 is 0 Å². The number of ketones is 1. The number of rotatable bonds is 9. The third kappa shape index (κ3) is 6.07. The molecule has 3 N–H and O–H groups in total. The van der Waals surface area contributed by atoms with Crippen LogP contribution >= 0.6 is 0 Å². The van der Waals surface area contributed by atoms with Gasteiger partial charge in [-0.3, -0.25) is 19.4 Å². The fraction of sp³-hybridized carbons (Fsp3) is 0.167. The van der Waals surface area contributed by atoms with Gasteiger partial charge in [0.15, 0.2) is 5.78 Å². The summed E-state index contributed by atoms with van der Waals surface area (Å²) >= 11 is 0. The molecule has 31 heavy (non-hydrogen) atoms. The molecule has 7 nitrogen and oxygen atoms in total. The molecule has 0 spiro atoms. The van der Waals surface area contributed by atoms with Crippen LogP contribution in [0, 0.1) is 0 Å². The maximum atomic E-state index is 12.5. The largest absolute Gasteiger partial charge is 0.394 e. The molecule has 0 aliphatic carbocycles. The molecule has 1 heterocycles. The van der Waals surface area contributed by atoms with Gasteiger partial charge in [-0.25, -0.2) is 0 Å². The van der Waals surface area contributed by atoms with Crippen molar-refractivity contribution in [3.8, 4) is 0 Å². The third-order valence-corrected chi connectivity index (χ3v) is 4.69. The van der Waals surface area contributed by atoms with E-state index in [1.807, 2.05) is 30.3 Å². The minimum atomic E-state index is -1.07. The second-order valence-electron chi connectivity index (χ2n) is 6.88. The van der Waals surface area contributed by atoms with Gasteiger partial charge in [0.2, 0.25) is 5.91 Å². The molecule has 0 fully saturated rings. The molecule has 0 unspecified atom stereocenters. The first-order valence-electron chi connectivity index (χ1n) is 9.86. The number of nitrogens with zero attached hydrogens (tertiary/aromatic N) is 1. The Morgan fingerprint density at radius 2 is 1.58 bits per heavy atom. The van der Waals surface area contributed by atoms with Crippen LogP contribution in [0.15, 0.2) is 79.1 Å². The standard InChI is InChI=1S/C24H23N3O4/c28-16-21(24(31)26-14-12-17-5-2-1-3-6-17)27-23(30)19-10-8-18(9-11-19)22(29)20-7-4-13-25-15-20/h1-11,13,15,21,28H,12,14,16H2,(H,26,31)(H,27,30)/t21-/m0/s1. The van der Waals surface area contributed by atoms with Gasteiger partial charge in [-0.15, -0.1) is 0 Å². The lowest BCUT2D eigenvalue weighted by atomic mass is 10.0. The van der Waals surface area contributed by atoms with Gasteiger partial charge in [0.1, 0.15) is 6.04 Å². The van der Waals surface area contributed by atoms with Gasteiger partial charge < -0.3 is 15.7 Å². The topological polar surface area (TPSA) is 108 Å². The number of carbonyl (C=O) groups is 3. The van der Waals surface area contributed by atoms with Crippen molar-refractivity contribution in [3.63, 3.8) is 0 Å². The second kappa shape index (κ2) is 10.8. The van der Waals surface area contributed by atoms with E-state index in [-0.39, 0.29) is 11.3 Å². The average molecular weight is 417 g/mol. The summed E-state index contributed by atoms with van der Waals surface area (Å²) < 4.78 is 0. The van der Waals surface area contributed by atoms with Crippen LogP contribution in [0.25, 0.3) is 0 Å². The van der Waals surface area contributed by atoms with Crippen molar-refractivity contribution in [2.75, 3.05) is 13.2 Å². The maximum Gasteiger partial charge on any atom is 0.251 e. The monoisotopic (exact) mass is 417 g/mol. The summed E-state index contributed by atoms with van der Waals surface area (Å²) in [6.07, 6.45) is 3.70. The van der Waals surface area contributed by atoms with E-state index in [1.54, 1.807) is 18.3 Å². The molecule has 0 aliphatic heterocycles. The van der Waals surface area contributed by atoms with Gasteiger partial charge in [0, 0.05) is 35.6 Å². The Labute approximate surface area is 180 Å². The van der Waals surface area contributed by atoms with E-state index in [4.69, 9.17) is 0 Å². The van der Waals surface area contributed by atoms with E-state index in [1.165, 1.54) is 30.5 Å². The zero-order chi connectivity index (χ0) is 22.1. The summed E-state index contributed by atoms with van der Waals surface area (Å²) in [6.45, 7) is -0.138. The third-order valence-electron chi connectivity index (χ3n) is 4.69. The number of pyridine rings is 1. The van der Waals surface area contributed by atoms with Gasteiger partial charge in [-0.1, -0.05) is 42.5 Å². The van der Waals surface area contributed by atoms with Crippen molar-refractivity contribution in [1.82, 2.24) is 15.6 Å². The quantitative estimate of drug-likeness (QED) is 0.460. The molecule has 3 rings (SSSR count). The first-order valence-corrected chi connectivity index (χ1v) is 9.86. The molecule has 2 aromatic carbocycles. The van der Waals surface area contributed by atoms with Crippen LogP contribution in [-0.2, 0) is 11.2 Å². The van der Waals surface area contributed by atoms with E-state index in [0.717, 1.165) is 5.56 Å². The highest BCUT2D eigenvalue weighted by Crippen LogP contribution is 2.10. The molecule has 158 valence electrons. The smallest absolute Gasteiger partial charge is 0.251 e. The Kier molecular flexibility index (Phi) is 7.61. The van der Waals surface area contributed by atoms with Crippen molar-refractivity contribution in [3.05, 3.63) is 101 Å². The van der Waals surface area contributed by atoms with Gasteiger partial charge in [-0.05, 0) is 36.2 Å². The lowest BCUT2D eigenvalue weighted by Crippen LogP contribution is -2.49. The number of aliphatic hydroxyl groups is 1. The molecule has 3 aromatic rings. The van der Waals surface area contributed by atoms with Crippen LogP contribution in [0.2, 0.25) is 0 Å². The zero-order valence-corrected chi connectivity index (χ0v) is 16.8. The maximum absolute atomic E-state index is 12.5. The number of aliphatic hydroxyl groups excluding tert-OH is 1. The Morgan fingerprint density at radius 1 is 0.871 bits per heavy atom. The number of nitrogens with one attached hydrogen (secondary N) is 2. The predicted octanol–water partition coefficient (Wildman–Crippen LogP) is 1.76. The number of benzene rings is 2. The van der Waals surface area contributed by atoms with E-state index in [9.17, 15) is 19.5 Å². The van der Waals surface area contributed by atoms with Crippen LogP contribution in [0.1, 0.15) is 31.8 Å². The summed E-state index contributed by atoms with van der Waals surface area (Å²) in [5.74, 6) is -1.18. The molecular formula is C24H23N3O4. The lowest BCUT2D eigenvalue weighted by Gasteiger charge is -2.16. The SMILES string of the molecule is O=C(N[C@@H](CO)C(=O)NCCc1ccccc1)c1ccc(C(=O)c2cccnc2)cc1. The highest BCUT2D eigenvalue weighted by molar-refractivity contribution is 6.09. The van der Waals surface area contributed by atoms with E-state index in [2.05, 4.69) is 15.6 Å². The van der Waals surface area contributed by atoms with Gasteiger partial charge in [-0.2, -0.15) is 0 Å². The Morgan fingerprint density at radius 3 is 2.23 bits per heavy atom. The van der Waals surface area contributed by atoms with Gasteiger partial charge in [0.25, 0.3) is 5.91 Å². The fourth-order valence-electron chi connectivity index (χ4n) is 2.97. The number of aromatic nitrogens is 1. The van der Waals surface area contributed by atoms with Crippen LogP contribution < -0.4 is 10.6 Å². The lowest BCUT2D eigenvalue weighted by molar-refractivity contribution is -0.123. The first kappa shape index (κ1) is 21.9. The van der Waals surface area contributed by atoms with Crippen LogP contribution in [0.3, 0.4) is 0 Å². The molecule has 2 amide bonds. The molecule has 7 heteroatoms. The van der Waals surface area contributed by atoms with Crippen LogP contribution in [0.5, 0.6) is 0 Å². The van der Waals surface area contributed by atoms with Crippen LogP contribution in [0.4, 0.5) is 0 Å². The molecule has 1 atom stereocenters. The summed E-state index contributed by atoms with van der Waals surface area (Å²) in [7, 11) is 0. The summed E-state index contributed by atoms with van der Waals surface area (Å²) in [6, 6.07) is 18.0. The van der Waals surface area contributed by atoms with Crippen LogP contribution in [-0.4, -0.2) is 46.9 Å². The highest BCUT2D eigenvalue weighted by Gasteiger charge is 2.20. The first-order chi connectivity index (χ1) is 15.1.